The topological polar surface area (TPSA) is 46.2 Å². The first kappa shape index (κ1) is 15.5. The van der Waals surface area contributed by atoms with Gasteiger partial charge in [-0.1, -0.05) is 38.1 Å². The lowest BCUT2D eigenvalue weighted by Crippen LogP contribution is -2.29. The Labute approximate surface area is 122 Å². The number of hydrogen-bond acceptors (Lipinski definition) is 3. The summed E-state index contributed by atoms with van der Waals surface area (Å²) in [6.07, 6.45) is 2.87. The van der Waals surface area contributed by atoms with E-state index in [1.807, 2.05) is 0 Å². The molecule has 0 amide bonds. The zero-order valence-electron chi connectivity index (χ0n) is 12.4. The molecule has 0 spiro atoms. The highest BCUT2D eigenvalue weighted by Crippen LogP contribution is 2.31. The first-order valence-corrected chi connectivity index (χ1v) is 9.40. The standard InChI is InChI=1S/C16H25NO2S/c1-3-10-17-16(15-9-11-20(18,19)12-15)14-7-5-13(4-2)6-8-14/h5-8,15-17H,3-4,9-12H2,1-2H3. The van der Waals surface area contributed by atoms with Crippen LogP contribution >= 0.6 is 0 Å². The summed E-state index contributed by atoms with van der Waals surface area (Å²) in [5.41, 5.74) is 2.54. The molecule has 0 aliphatic carbocycles. The van der Waals surface area contributed by atoms with Crippen molar-refractivity contribution < 1.29 is 8.42 Å². The average molecular weight is 295 g/mol. The third-order valence-electron chi connectivity index (χ3n) is 4.10. The fraction of sp³-hybridized carbons (Fsp3) is 0.625. The summed E-state index contributed by atoms with van der Waals surface area (Å²) in [5, 5.41) is 3.54. The highest BCUT2D eigenvalue weighted by atomic mass is 32.2. The first-order valence-electron chi connectivity index (χ1n) is 7.58. The lowest BCUT2D eigenvalue weighted by molar-refractivity contribution is 0.392. The highest BCUT2D eigenvalue weighted by molar-refractivity contribution is 7.91. The second kappa shape index (κ2) is 6.72. The van der Waals surface area contributed by atoms with Crippen LogP contribution in [0.5, 0.6) is 0 Å². The van der Waals surface area contributed by atoms with Crippen LogP contribution in [-0.4, -0.2) is 26.5 Å². The summed E-state index contributed by atoms with van der Waals surface area (Å²) >= 11 is 0. The maximum absolute atomic E-state index is 11.7. The predicted octanol–water partition coefficient (Wildman–Crippen LogP) is 2.72. The van der Waals surface area contributed by atoms with Gasteiger partial charge in [0.25, 0.3) is 0 Å². The molecule has 3 nitrogen and oxygen atoms in total. The number of hydrogen-bond donors (Lipinski definition) is 1. The third-order valence-corrected chi connectivity index (χ3v) is 5.89. The summed E-state index contributed by atoms with van der Waals surface area (Å²) in [6, 6.07) is 8.77. The van der Waals surface area contributed by atoms with E-state index in [1.165, 1.54) is 11.1 Å². The van der Waals surface area contributed by atoms with Crippen LogP contribution in [0.3, 0.4) is 0 Å². The maximum atomic E-state index is 11.7. The minimum atomic E-state index is -2.83. The Balaban J connectivity index is 2.18. The van der Waals surface area contributed by atoms with Crippen molar-refractivity contribution in [3.05, 3.63) is 35.4 Å². The Bertz CT molecular complexity index is 522. The highest BCUT2D eigenvalue weighted by Gasteiger charge is 2.34. The summed E-state index contributed by atoms with van der Waals surface area (Å²) in [7, 11) is -2.83. The van der Waals surface area contributed by atoms with Gasteiger partial charge in [-0.05, 0) is 42.9 Å². The third kappa shape index (κ3) is 3.83. The van der Waals surface area contributed by atoms with Crippen LogP contribution in [0.25, 0.3) is 0 Å². The molecule has 0 saturated carbocycles. The van der Waals surface area contributed by atoms with E-state index in [-0.39, 0.29) is 12.0 Å². The molecule has 1 fully saturated rings. The minimum Gasteiger partial charge on any atom is -0.310 e. The molecule has 1 heterocycles. The lowest BCUT2D eigenvalue weighted by atomic mass is 9.91. The molecular formula is C16H25NO2S. The van der Waals surface area contributed by atoms with E-state index in [1.54, 1.807) is 0 Å². The fourth-order valence-electron chi connectivity index (χ4n) is 2.90. The molecule has 2 unspecified atom stereocenters. The molecule has 0 radical (unpaired) electrons. The largest absolute Gasteiger partial charge is 0.310 e. The summed E-state index contributed by atoms with van der Waals surface area (Å²) < 4.78 is 23.4. The molecule has 20 heavy (non-hydrogen) atoms. The van der Waals surface area contributed by atoms with Crippen molar-refractivity contribution in [3.8, 4) is 0 Å². The van der Waals surface area contributed by atoms with Crippen molar-refractivity contribution in [2.75, 3.05) is 18.1 Å². The molecule has 112 valence electrons. The van der Waals surface area contributed by atoms with Crippen LogP contribution in [0, 0.1) is 5.92 Å². The van der Waals surface area contributed by atoms with Crippen molar-refractivity contribution in [1.29, 1.82) is 0 Å². The number of nitrogens with one attached hydrogen (secondary N) is 1. The summed E-state index contributed by atoms with van der Waals surface area (Å²) in [5.74, 6) is 0.873. The Morgan fingerprint density at radius 1 is 1.25 bits per heavy atom. The Hall–Kier alpha value is -0.870. The molecule has 1 aromatic carbocycles. The first-order chi connectivity index (χ1) is 9.55. The Kier molecular flexibility index (Phi) is 5.22. The van der Waals surface area contributed by atoms with E-state index in [2.05, 4.69) is 43.4 Å². The minimum absolute atomic E-state index is 0.165. The smallest absolute Gasteiger partial charge is 0.150 e. The average Bonchev–Trinajstić information content (AvgIpc) is 2.80. The molecule has 0 bridgehead atoms. The SMILES string of the molecule is CCCNC(c1ccc(CC)cc1)C1CCS(=O)(=O)C1. The van der Waals surface area contributed by atoms with Crippen molar-refractivity contribution in [2.45, 2.75) is 39.2 Å². The molecule has 0 aromatic heterocycles. The van der Waals surface area contributed by atoms with Gasteiger partial charge in [0.05, 0.1) is 11.5 Å². The molecule has 2 rings (SSSR count). The number of rotatable bonds is 6. The monoisotopic (exact) mass is 295 g/mol. The van der Waals surface area contributed by atoms with Crippen molar-refractivity contribution >= 4 is 9.84 Å². The second-order valence-corrected chi connectivity index (χ2v) is 7.92. The molecule has 1 aromatic rings. The van der Waals surface area contributed by atoms with E-state index in [0.717, 1.165) is 25.8 Å². The van der Waals surface area contributed by atoms with Crippen molar-refractivity contribution in [2.24, 2.45) is 5.92 Å². The normalized spacial score (nSPS) is 22.8. The van der Waals surface area contributed by atoms with E-state index < -0.39 is 9.84 Å². The molecular weight excluding hydrogens is 270 g/mol. The zero-order valence-corrected chi connectivity index (χ0v) is 13.2. The summed E-state index contributed by atoms with van der Waals surface area (Å²) in [6.45, 7) is 5.21. The maximum Gasteiger partial charge on any atom is 0.150 e. The van der Waals surface area contributed by atoms with Crippen LogP contribution in [-0.2, 0) is 16.3 Å². The van der Waals surface area contributed by atoms with Crippen molar-refractivity contribution in [3.63, 3.8) is 0 Å². The van der Waals surface area contributed by atoms with E-state index in [4.69, 9.17) is 0 Å². The molecule has 1 aliphatic rings. The van der Waals surface area contributed by atoms with Gasteiger partial charge in [0.1, 0.15) is 0 Å². The van der Waals surface area contributed by atoms with Gasteiger partial charge in [-0.25, -0.2) is 8.42 Å². The van der Waals surface area contributed by atoms with Crippen molar-refractivity contribution in [1.82, 2.24) is 5.32 Å². The fourth-order valence-corrected chi connectivity index (χ4v) is 4.74. The number of sulfone groups is 1. The van der Waals surface area contributed by atoms with Gasteiger partial charge < -0.3 is 5.32 Å². The lowest BCUT2D eigenvalue weighted by Gasteiger charge is -2.24. The number of benzene rings is 1. The molecule has 1 aliphatic heterocycles. The van der Waals surface area contributed by atoms with Crippen LogP contribution in [0.2, 0.25) is 0 Å². The van der Waals surface area contributed by atoms with Gasteiger partial charge in [0.2, 0.25) is 0 Å². The number of aryl methyl sites for hydroxylation is 1. The van der Waals surface area contributed by atoms with Gasteiger partial charge >= 0.3 is 0 Å². The van der Waals surface area contributed by atoms with Crippen LogP contribution in [0.4, 0.5) is 0 Å². The Morgan fingerprint density at radius 2 is 1.95 bits per heavy atom. The quantitative estimate of drug-likeness (QED) is 0.878. The molecule has 1 N–H and O–H groups in total. The van der Waals surface area contributed by atoms with Crippen LogP contribution in [0.15, 0.2) is 24.3 Å². The van der Waals surface area contributed by atoms with Crippen LogP contribution < -0.4 is 5.32 Å². The second-order valence-electron chi connectivity index (χ2n) is 5.69. The molecule has 2 atom stereocenters. The molecule has 1 saturated heterocycles. The van der Waals surface area contributed by atoms with E-state index >= 15 is 0 Å². The van der Waals surface area contributed by atoms with Gasteiger partial charge in [-0.15, -0.1) is 0 Å². The van der Waals surface area contributed by atoms with Gasteiger partial charge in [0.15, 0.2) is 9.84 Å². The van der Waals surface area contributed by atoms with Gasteiger partial charge in [-0.2, -0.15) is 0 Å². The van der Waals surface area contributed by atoms with Gasteiger partial charge in [0, 0.05) is 6.04 Å². The predicted molar refractivity (Wildman–Crippen MR) is 83.6 cm³/mol. The van der Waals surface area contributed by atoms with E-state index in [0.29, 0.717) is 11.5 Å². The van der Waals surface area contributed by atoms with E-state index in [9.17, 15) is 8.42 Å². The summed E-state index contributed by atoms with van der Waals surface area (Å²) in [4.78, 5) is 0. The van der Waals surface area contributed by atoms with Gasteiger partial charge in [-0.3, -0.25) is 0 Å². The zero-order chi connectivity index (χ0) is 14.6. The molecule has 4 heteroatoms. The van der Waals surface area contributed by atoms with Crippen LogP contribution in [0.1, 0.15) is 43.9 Å². The Morgan fingerprint density at radius 3 is 2.45 bits per heavy atom.